The number of ether oxygens (including phenoxy) is 2. The van der Waals surface area contributed by atoms with Crippen LogP contribution in [-0.4, -0.2) is 37.3 Å². The number of nitrogens with zero attached hydrogens (tertiary/aromatic N) is 2. The lowest BCUT2D eigenvalue weighted by Crippen LogP contribution is -2.31. The highest BCUT2D eigenvalue weighted by atomic mass is 16.5. The number of anilines is 2. The van der Waals surface area contributed by atoms with Crippen molar-refractivity contribution in [1.82, 2.24) is 0 Å². The number of methoxy groups -OCH3 is 1. The zero-order valence-electron chi connectivity index (χ0n) is 18.7. The molecule has 3 atom stereocenters. The number of carbonyl (C=O) groups excluding carboxylic acids is 4. The van der Waals surface area contributed by atoms with Gasteiger partial charge in [0.05, 0.1) is 36.2 Å². The summed E-state index contributed by atoms with van der Waals surface area (Å²) in [6.07, 6.45) is 5.00. The number of carbonyl (C=O) groups is 4. The lowest BCUT2D eigenvalue weighted by Gasteiger charge is -2.19. The normalized spacial score (nSPS) is 23.9. The number of hydrogen-bond donors (Lipinski definition) is 0. The van der Waals surface area contributed by atoms with E-state index in [0.29, 0.717) is 30.0 Å². The van der Waals surface area contributed by atoms with E-state index in [9.17, 15) is 19.2 Å². The summed E-state index contributed by atoms with van der Waals surface area (Å²) in [6, 6.07) is 13.5. The molecule has 2 aromatic carbocycles. The lowest BCUT2D eigenvalue weighted by atomic mass is 9.85. The van der Waals surface area contributed by atoms with Crippen LogP contribution in [0.3, 0.4) is 0 Å². The van der Waals surface area contributed by atoms with E-state index in [2.05, 4.69) is 0 Å². The van der Waals surface area contributed by atoms with Crippen molar-refractivity contribution in [3.63, 3.8) is 0 Å². The van der Waals surface area contributed by atoms with Gasteiger partial charge >= 0.3 is 5.97 Å². The summed E-state index contributed by atoms with van der Waals surface area (Å²) in [5.74, 6) is -1.74. The largest absolute Gasteiger partial charge is 0.495 e. The third-order valence-corrected chi connectivity index (χ3v) is 6.64. The average Bonchev–Trinajstić information content (AvgIpc) is 3.36. The zero-order valence-corrected chi connectivity index (χ0v) is 18.7. The number of hydrogen-bond acceptors (Lipinski definition) is 6. The van der Waals surface area contributed by atoms with Crippen molar-refractivity contribution in [3.05, 3.63) is 60.7 Å². The fraction of sp³-hybridized carbons (Fsp3) is 0.308. The summed E-state index contributed by atoms with van der Waals surface area (Å²) in [7, 11) is 1.53. The van der Waals surface area contributed by atoms with Gasteiger partial charge in [-0.05, 0) is 37.1 Å². The molecule has 1 aliphatic carbocycles. The predicted molar refractivity (Wildman–Crippen MR) is 123 cm³/mol. The molecule has 0 aromatic heterocycles. The van der Waals surface area contributed by atoms with Crippen molar-refractivity contribution in [3.8, 4) is 11.5 Å². The maximum absolute atomic E-state index is 12.9. The summed E-state index contributed by atoms with van der Waals surface area (Å²) in [5, 5.41) is 0. The first kappa shape index (κ1) is 21.9. The molecule has 3 aliphatic rings. The van der Waals surface area contributed by atoms with Gasteiger partial charge in [-0.1, -0.05) is 30.4 Å². The number of esters is 1. The maximum Gasteiger partial charge on any atom is 0.316 e. The van der Waals surface area contributed by atoms with E-state index in [4.69, 9.17) is 9.47 Å². The number of allylic oxidation sites excluding steroid dienone is 2. The third-order valence-electron chi connectivity index (χ3n) is 6.64. The number of imide groups is 1. The van der Waals surface area contributed by atoms with Gasteiger partial charge in [0.1, 0.15) is 11.5 Å². The molecule has 3 amide bonds. The first-order valence-corrected chi connectivity index (χ1v) is 11.3. The zero-order chi connectivity index (χ0) is 23.8. The molecule has 0 radical (unpaired) electrons. The van der Waals surface area contributed by atoms with Gasteiger partial charge in [-0.25, -0.2) is 4.90 Å². The first-order valence-electron chi connectivity index (χ1n) is 11.3. The quantitative estimate of drug-likeness (QED) is 0.295. The third kappa shape index (κ3) is 3.75. The molecule has 174 valence electrons. The minimum Gasteiger partial charge on any atom is -0.495 e. The van der Waals surface area contributed by atoms with Crippen molar-refractivity contribution < 1.29 is 28.7 Å². The molecule has 0 spiro atoms. The Morgan fingerprint density at radius 1 is 0.941 bits per heavy atom. The van der Waals surface area contributed by atoms with Crippen molar-refractivity contribution in [2.75, 3.05) is 23.5 Å². The molecule has 2 aromatic rings. The summed E-state index contributed by atoms with van der Waals surface area (Å²) >= 11 is 0. The van der Waals surface area contributed by atoms with Crippen LogP contribution in [0.5, 0.6) is 11.5 Å². The maximum atomic E-state index is 12.9. The second kappa shape index (κ2) is 8.78. The second-order valence-electron chi connectivity index (χ2n) is 8.66. The number of rotatable bonds is 5. The highest BCUT2D eigenvalue weighted by Crippen LogP contribution is 2.39. The molecule has 8 nitrogen and oxygen atoms in total. The summed E-state index contributed by atoms with van der Waals surface area (Å²) in [5.41, 5.74) is 0.988. The summed E-state index contributed by atoms with van der Waals surface area (Å²) < 4.78 is 10.9. The monoisotopic (exact) mass is 460 g/mol. The Bertz CT molecular complexity index is 1180. The Labute approximate surface area is 196 Å². The van der Waals surface area contributed by atoms with E-state index < -0.39 is 11.9 Å². The van der Waals surface area contributed by atoms with Gasteiger partial charge in [-0.3, -0.25) is 19.2 Å². The molecule has 0 bridgehead atoms. The van der Waals surface area contributed by atoms with E-state index in [0.717, 1.165) is 0 Å². The van der Waals surface area contributed by atoms with Gasteiger partial charge in [-0.15, -0.1) is 0 Å². The molecular formula is C26H24N2O6. The Kier molecular flexibility index (Phi) is 5.65. The van der Waals surface area contributed by atoms with Gasteiger partial charge in [0.15, 0.2) is 0 Å². The Balaban J connectivity index is 1.30. The lowest BCUT2D eigenvalue weighted by molar-refractivity contribution is -0.139. The minimum atomic E-state index is -0.648. The highest BCUT2D eigenvalue weighted by Gasteiger charge is 2.48. The van der Waals surface area contributed by atoms with Crippen LogP contribution >= 0.6 is 0 Å². The number of fused-ring (bicyclic) bond motifs is 1. The van der Waals surface area contributed by atoms with Gasteiger partial charge in [0.2, 0.25) is 17.7 Å². The smallest absolute Gasteiger partial charge is 0.316 e. The fourth-order valence-corrected chi connectivity index (χ4v) is 4.89. The number of para-hydroxylation sites is 2. The summed E-state index contributed by atoms with van der Waals surface area (Å²) in [6.45, 7) is 0.178. The molecule has 2 heterocycles. The van der Waals surface area contributed by atoms with Crippen molar-refractivity contribution in [1.29, 1.82) is 0 Å². The minimum absolute atomic E-state index is 0.0238. The molecule has 2 fully saturated rings. The van der Waals surface area contributed by atoms with Gasteiger partial charge < -0.3 is 14.4 Å². The van der Waals surface area contributed by atoms with E-state index in [-0.39, 0.29) is 48.3 Å². The van der Waals surface area contributed by atoms with Gasteiger partial charge in [-0.2, -0.15) is 0 Å². The van der Waals surface area contributed by atoms with E-state index in [1.165, 1.54) is 23.0 Å². The van der Waals surface area contributed by atoms with Crippen LogP contribution in [0, 0.1) is 17.8 Å². The topological polar surface area (TPSA) is 93.2 Å². The molecule has 2 aliphatic heterocycles. The molecule has 0 unspecified atom stereocenters. The Hall–Kier alpha value is -3.94. The first-order chi connectivity index (χ1) is 16.5. The Morgan fingerprint density at radius 2 is 1.65 bits per heavy atom. The number of amides is 3. The highest BCUT2D eigenvalue weighted by molar-refractivity contribution is 6.22. The Morgan fingerprint density at radius 3 is 2.35 bits per heavy atom. The average molecular weight is 460 g/mol. The summed E-state index contributed by atoms with van der Waals surface area (Å²) in [4.78, 5) is 53.9. The van der Waals surface area contributed by atoms with Crippen LogP contribution in [0.4, 0.5) is 11.4 Å². The van der Waals surface area contributed by atoms with Crippen LogP contribution < -0.4 is 19.3 Å². The fourth-order valence-electron chi connectivity index (χ4n) is 4.89. The second-order valence-corrected chi connectivity index (χ2v) is 8.66. The molecule has 5 rings (SSSR count). The molecule has 0 saturated carbocycles. The van der Waals surface area contributed by atoms with Crippen molar-refractivity contribution >= 4 is 35.1 Å². The molecule has 0 N–H and O–H groups in total. The molecule has 2 saturated heterocycles. The van der Waals surface area contributed by atoms with Crippen LogP contribution in [0.15, 0.2) is 60.7 Å². The van der Waals surface area contributed by atoms with Crippen molar-refractivity contribution in [2.45, 2.75) is 19.3 Å². The predicted octanol–water partition coefficient (Wildman–Crippen LogP) is 3.11. The molecular weight excluding hydrogens is 436 g/mol. The standard InChI is InChI=1S/C26H24N2O6/c1-33-22-12-5-4-11-21(22)27-15-16(13-23(27)29)26(32)34-18-8-6-7-17(14-18)28-24(30)19-9-2-3-10-20(19)25(28)31/h2-8,11-12,14,16,19-20H,9-10,13,15H2,1H3/t16-,19-,20-/m1/s1. The van der Waals surface area contributed by atoms with Crippen LogP contribution in [0.25, 0.3) is 0 Å². The van der Waals surface area contributed by atoms with E-state index in [1.54, 1.807) is 36.4 Å². The number of benzene rings is 2. The molecule has 8 heteroatoms. The van der Waals surface area contributed by atoms with Crippen LogP contribution in [-0.2, 0) is 19.2 Å². The van der Waals surface area contributed by atoms with Crippen molar-refractivity contribution in [2.24, 2.45) is 17.8 Å². The van der Waals surface area contributed by atoms with E-state index in [1.807, 2.05) is 18.2 Å². The van der Waals surface area contributed by atoms with Gasteiger partial charge in [0.25, 0.3) is 0 Å². The van der Waals surface area contributed by atoms with Crippen LogP contribution in [0.1, 0.15) is 19.3 Å². The van der Waals surface area contributed by atoms with Crippen LogP contribution in [0.2, 0.25) is 0 Å². The van der Waals surface area contributed by atoms with Gasteiger partial charge in [0, 0.05) is 19.0 Å². The van der Waals surface area contributed by atoms with E-state index >= 15 is 0 Å². The molecule has 34 heavy (non-hydrogen) atoms. The SMILES string of the molecule is COc1ccccc1N1C[C@H](C(=O)Oc2cccc(N3C(=O)[C@@H]4CC=CC[C@H]4C3=O)c2)CC1=O.